The van der Waals surface area contributed by atoms with Gasteiger partial charge >= 0.3 is 0 Å². The third-order valence-electron chi connectivity index (χ3n) is 7.22. The summed E-state index contributed by atoms with van der Waals surface area (Å²) in [6.45, 7) is 6.57. The molecule has 4 nitrogen and oxygen atoms in total. The van der Waals surface area contributed by atoms with E-state index < -0.39 is 5.82 Å². The normalized spacial score (nSPS) is 13.5. The fourth-order valence-corrected chi connectivity index (χ4v) is 4.98. The first-order valence-electron chi connectivity index (χ1n) is 13.1. The van der Waals surface area contributed by atoms with Gasteiger partial charge in [-0.3, -0.25) is 4.79 Å². The zero-order chi connectivity index (χ0) is 25.8. The van der Waals surface area contributed by atoms with Crippen molar-refractivity contribution in [1.29, 1.82) is 0 Å². The summed E-state index contributed by atoms with van der Waals surface area (Å²) in [7, 11) is 0. The Balaban J connectivity index is 1.33. The Kier molecular flexibility index (Phi) is 7.40. The number of rotatable bonds is 7. The molecule has 1 aliphatic rings. The molecule has 5 heteroatoms. The van der Waals surface area contributed by atoms with E-state index in [0.717, 1.165) is 54.6 Å². The van der Waals surface area contributed by atoms with E-state index in [1.165, 1.54) is 35.2 Å². The lowest BCUT2D eigenvalue weighted by Gasteiger charge is -2.29. The maximum atomic E-state index is 14.4. The topological polar surface area (TPSA) is 41.6 Å². The third kappa shape index (κ3) is 5.77. The Morgan fingerprint density at radius 1 is 0.892 bits per heavy atom. The Hall–Kier alpha value is -3.86. The molecule has 1 fully saturated rings. The van der Waals surface area contributed by atoms with Crippen LogP contribution in [0.1, 0.15) is 46.3 Å². The van der Waals surface area contributed by atoms with E-state index in [1.807, 2.05) is 36.4 Å². The summed E-state index contributed by atoms with van der Waals surface area (Å²) >= 11 is 0. The molecule has 0 atom stereocenters. The van der Waals surface area contributed by atoms with Gasteiger partial charge in [0, 0.05) is 47.2 Å². The predicted molar refractivity (Wildman–Crippen MR) is 149 cm³/mol. The number of anilines is 2. The van der Waals surface area contributed by atoms with Crippen molar-refractivity contribution < 1.29 is 13.9 Å². The van der Waals surface area contributed by atoms with Crippen molar-refractivity contribution in [2.75, 3.05) is 29.9 Å². The summed E-state index contributed by atoms with van der Waals surface area (Å²) in [6.07, 6.45) is 4.18. The summed E-state index contributed by atoms with van der Waals surface area (Å²) in [5.74, 6) is 0.0486. The number of halogens is 1. The van der Waals surface area contributed by atoms with Crippen LogP contribution in [0.3, 0.4) is 0 Å². The molecule has 0 aliphatic carbocycles. The van der Waals surface area contributed by atoms with Crippen LogP contribution in [0.25, 0.3) is 10.8 Å². The maximum Gasteiger partial charge on any atom is 0.255 e. The molecule has 0 saturated carbocycles. The van der Waals surface area contributed by atoms with Gasteiger partial charge in [0.2, 0.25) is 0 Å². The van der Waals surface area contributed by atoms with Crippen LogP contribution < -0.4 is 15.0 Å². The van der Waals surface area contributed by atoms with Gasteiger partial charge in [0.05, 0.1) is 6.61 Å². The molecule has 0 spiro atoms. The minimum Gasteiger partial charge on any atom is -0.493 e. The van der Waals surface area contributed by atoms with Gasteiger partial charge in [-0.2, -0.15) is 0 Å². The second-order valence-electron chi connectivity index (χ2n) is 9.87. The highest BCUT2D eigenvalue weighted by Crippen LogP contribution is 2.32. The number of ether oxygens (including phenoxy) is 1. The molecule has 1 heterocycles. The third-order valence-corrected chi connectivity index (χ3v) is 7.22. The van der Waals surface area contributed by atoms with Crippen LogP contribution in [0.5, 0.6) is 5.75 Å². The van der Waals surface area contributed by atoms with Gasteiger partial charge in [-0.1, -0.05) is 42.5 Å². The SMILES string of the molecule is Cc1ccc(CCOc2ccc(NC(=O)c3cc(F)cc(N4CCCCC4)c3)c3ccccc23)cc1C. The number of hydrogen-bond donors (Lipinski definition) is 1. The summed E-state index contributed by atoms with van der Waals surface area (Å²) in [5, 5.41) is 4.81. The second-order valence-corrected chi connectivity index (χ2v) is 9.87. The lowest BCUT2D eigenvalue weighted by molar-refractivity contribution is 0.102. The standard InChI is InChI=1S/C32H33FN2O2/c1-22-10-11-24(18-23(22)2)14-17-37-31-13-12-30(28-8-4-5-9-29(28)31)34-32(36)25-19-26(33)21-27(20-25)35-15-6-3-7-16-35/h4-5,8-13,18-21H,3,6-7,14-17H2,1-2H3,(H,34,36). The Morgan fingerprint density at radius 2 is 1.68 bits per heavy atom. The molecule has 0 aromatic heterocycles. The largest absolute Gasteiger partial charge is 0.493 e. The summed E-state index contributed by atoms with van der Waals surface area (Å²) < 4.78 is 20.6. The van der Waals surface area contributed by atoms with Crippen molar-refractivity contribution in [2.24, 2.45) is 0 Å². The number of benzene rings is 4. The number of carbonyl (C=O) groups is 1. The number of aryl methyl sites for hydroxylation is 2. The van der Waals surface area contributed by atoms with E-state index >= 15 is 0 Å². The highest BCUT2D eigenvalue weighted by Gasteiger charge is 2.17. The molecule has 5 rings (SSSR count). The Morgan fingerprint density at radius 3 is 2.46 bits per heavy atom. The number of piperidine rings is 1. The number of amides is 1. The van der Waals surface area contributed by atoms with Gasteiger partial charge < -0.3 is 15.0 Å². The molecule has 4 aromatic rings. The van der Waals surface area contributed by atoms with E-state index in [9.17, 15) is 9.18 Å². The van der Waals surface area contributed by atoms with Gasteiger partial charge in [0.15, 0.2) is 0 Å². The van der Waals surface area contributed by atoms with Crippen molar-refractivity contribution in [3.63, 3.8) is 0 Å². The number of carbonyl (C=O) groups excluding carboxylic acids is 1. The fourth-order valence-electron chi connectivity index (χ4n) is 4.98. The lowest BCUT2D eigenvalue weighted by atomic mass is 10.0. The van der Waals surface area contributed by atoms with E-state index in [0.29, 0.717) is 17.9 Å². The van der Waals surface area contributed by atoms with Gasteiger partial charge in [0.1, 0.15) is 11.6 Å². The molecule has 1 amide bonds. The van der Waals surface area contributed by atoms with Gasteiger partial charge in [0.25, 0.3) is 5.91 Å². The van der Waals surface area contributed by atoms with E-state index in [-0.39, 0.29) is 5.91 Å². The van der Waals surface area contributed by atoms with Crippen LogP contribution in [0.2, 0.25) is 0 Å². The molecule has 190 valence electrons. The summed E-state index contributed by atoms with van der Waals surface area (Å²) in [4.78, 5) is 15.3. The van der Waals surface area contributed by atoms with Crippen molar-refractivity contribution in [3.05, 3.63) is 101 Å². The molecule has 0 unspecified atom stereocenters. The van der Waals surface area contributed by atoms with Crippen LogP contribution in [0, 0.1) is 19.7 Å². The minimum absolute atomic E-state index is 0.318. The molecular formula is C32H33FN2O2. The molecule has 1 aliphatic heterocycles. The van der Waals surface area contributed by atoms with Crippen LogP contribution in [0.15, 0.2) is 72.8 Å². The van der Waals surface area contributed by atoms with Crippen LogP contribution in [-0.4, -0.2) is 25.6 Å². The molecule has 1 N–H and O–H groups in total. The molecule has 0 radical (unpaired) electrons. The summed E-state index contributed by atoms with van der Waals surface area (Å²) in [6, 6.07) is 22.7. The van der Waals surface area contributed by atoms with Crippen molar-refractivity contribution in [1.82, 2.24) is 0 Å². The number of hydrogen-bond acceptors (Lipinski definition) is 3. The van der Waals surface area contributed by atoms with Crippen molar-refractivity contribution >= 4 is 28.1 Å². The molecule has 0 bridgehead atoms. The monoisotopic (exact) mass is 496 g/mol. The van der Waals surface area contributed by atoms with Gasteiger partial charge in [-0.05, 0) is 80.1 Å². The number of nitrogens with zero attached hydrogens (tertiary/aromatic N) is 1. The predicted octanol–water partition coefficient (Wildman–Crippen LogP) is 7.46. The molecule has 37 heavy (non-hydrogen) atoms. The Bertz CT molecular complexity index is 1430. The van der Waals surface area contributed by atoms with Crippen molar-refractivity contribution in [2.45, 2.75) is 39.5 Å². The first-order chi connectivity index (χ1) is 18.0. The maximum absolute atomic E-state index is 14.4. The number of nitrogens with one attached hydrogen (secondary N) is 1. The second kappa shape index (κ2) is 11.0. The molecular weight excluding hydrogens is 463 g/mol. The lowest BCUT2D eigenvalue weighted by Crippen LogP contribution is -2.29. The quantitative estimate of drug-likeness (QED) is 0.289. The van der Waals surface area contributed by atoms with Gasteiger partial charge in [-0.25, -0.2) is 4.39 Å². The summed E-state index contributed by atoms with van der Waals surface area (Å²) in [5.41, 5.74) is 5.57. The van der Waals surface area contributed by atoms with Crippen molar-refractivity contribution in [3.8, 4) is 5.75 Å². The molecule has 4 aromatic carbocycles. The fraction of sp³-hybridized carbons (Fsp3) is 0.281. The number of fused-ring (bicyclic) bond motifs is 1. The average molecular weight is 497 g/mol. The molecule has 1 saturated heterocycles. The van der Waals surface area contributed by atoms with E-state index in [1.54, 1.807) is 6.07 Å². The Labute approximate surface area is 218 Å². The highest BCUT2D eigenvalue weighted by molar-refractivity contribution is 6.10. The average Bonchev–Trinajstić information content (AvgIpc) is 2.92. The van der Waals surface area contributed by atoms with Crippen LogP contribution in [0.4, 0.5) is 15.8 Å². The highest BCUT2D eigenvalue weighted by atomic mass is 19.1. The zero-order valence-corrected chi connectivity index (χ0v) is 21.5. The van der Waals surface area contributed by atoms with E-state index in [2.05, 4.69) is 42.3 Å². The minimum atomic E-state index is -0.398. The van der Waals surface area contributed by atoms with Crippen LogP contribution in [-0.2, 0) is 6.42 Å². The zero-order valence-electron chi connectivity index (χ0n) is 21.5. The van der Waals surface area contributed by atoms with Crippen LogP contribution >= 0.6 is 0 Å². The first-order valence-corrected chi connectivity index (χ1v) is 13.1. The smallest absolute Gasteiger partial charge is 0.255 e. The van der Waals surface area contributed by atoms with Gasteiger partial charge in [-0.15, -0.1) is 0 Å². The first kappa shape index (κ1) is 24.8. The van der Waals surface area contributed by atoms with E-state index in [4.69, 9.17) is 4.74 Å².